The summed E-state index contributed by atoms with van der Waals surface area (Å²) in [6.45, 7) is -0.571. The topological polar surface area (TPSA) is 68.0 Å². The number of rotatable bonds is 4. The van der Waals surface area contributed by atoms with Crippen molar-refractivity contribution in [1.82, 2.24) is 15.5 Å². The van der Waals surface area contributed by atoms with Gasteiger partial charge in [-0.05, 0) is 35.9 Å². The Bertz CT molecular complexity index is 980. The van der Waals surface area contributed by atoms with Crippen molar-refractivity contribution >= 4 is 5.91 Å². The lowest BCUT2D eigenvalue weighted by atomic mass is 10.0. The molecule has 0 unspecified atom stereocenters. The average Bonchev–Trinajstić information content (AvgIpc) is 3.15. The zero-order chi connectivity index (χ0) is 21.2. The molecule has 0 saturated heterocycles. The van der Waals surface area contributed by atoms with Crippen LogP contribution in [-0.4, -0.2) is 16.0 Å². The Morgan fingerprint density at radius 1 is 1.00 bits per heavy atom. The molecule has 3 aromatic rings. The molecule has 2 heterocycles. The quantitative estimate of drug-likeness (QED) is 0.627. The highest BCUT2D eigenvalue weighted by Gasteiger charge is 2.36. The Balaban J connectivity index is 1.84. The molecule has 1 N–H and O–H groups in total. The minimum absolute atomic E-state index is 0.0183. The lowest BCUT2D eigenvalue weighted by Crippen LogP contribution is -2.23. The summed E-state index contributed by atoms with van der Waals surface area (Å²) in [4.78, 5) is 16.4. The van der Waals surface area contributed by atoms with Gasteiger partial charge in [-0.15, -0.1) is 0 Å². The maximum Gasteiger partial charge on any atom is 0.416 e. The highest BCUT2D eigenvalue weighted by atomic mass is 19.4. The van der Waals surface area contributed by atoms with Gasteiger partial charge < -0.3 is 9.84 Å². The van der Waals surface area contributed by atoms with Crippen molar-refractivity contribution in [2.75, 3.05) is 0 Å². The number of nitrogens with one attached hydrogen (secondary N) is 1. The van der Waals surface area contributed by atoms with Crippen molar-refractivity contribution in [3.8, 4) is 11.4 Å². The molecule has 0 atom stereocenters. The molecule has 0 aliphatic heterocycles. The molecule has 0 fully saturated rings. The van der Waals surface area contributed by atoms with Gasteiger partial charge in [-0.25, -0.2) is 0 Å². The van der Waals surface area contributed by atoms with E-state index in [0.29, 0.717) is 17.8 Å². The molecule has 0 saturated carbocycles. The number of nitrogens with zero attached hydrogens (tertiary/aromatic N) is 2. The van der Waals surface area contributed by atoms with Gasteiger partial charge in [0, 0.05) is 12.7 Å². The number of pyridine rings is 1. The van der Waals surface area contributed by atoms with Crippen LogP contribution < -0.4 is 5.32 Å². The van der Waals surface area contributed by atoms with Crippen molar-refractivity contribution in [3.63, 3.8) is 0 Å². The molecule has 5 nitrogen and oxygen atoms in total. The summed E-state index contributed by atoms with van der Waals surface area (Å²) >= 11 is 0. The van der Waals surface area contributed by atoms with Crippen LogP contribution >= 0.6 is 0 Å². The van der Waals surface area contributed by atoms with E-state index in [1.165, 1.54) is 6.20 Å². The Kier molecular flexibility index (Phi) is 5.31. The maximum absolute atomic E-state index is 12.9. The van der Waals surface area contributed by atoms with Crippen molar-refractivity contribution in [3.05, 3.63) is 71.1 Å². The molecule has 3 rings (SSSR count). The lowest BCUT2D eigenvalue weighted by Gasteiger charge is -2.14. The summed E-state index contributed by atoms with van der Waals surface area (Å²) in [6, 6.07) is 5.93. The molecule has 152 valence electrons. The minimum Gasteiger partial charge on any atom is -0.363 e. The van der Waals surface area contributed by atoms with Crippen LogP contribution in [-0.2, 0) is 18.9 Å². The summed E-state index contributed by atoms with van der Waals surface area (Å²) in [5.74, 6) is -0.794. The average molecular weight is 415 g/mol. The third-order valence-corrected chi connectivity index (χ3v) is 3.82. The fourth-order valence-electron chi connectivity index (χ4n) is 2.48. The number of aromatic nitrogens is 2. The Hall–Kier alpha value is -3.37. The van der Waals surface area contributed by atoms with Crippen molar-refractivity contribution in [2.24, 2.45) is 0 Å². The van der Waals surface area contributed by atoms with Crippen LogP contribution in [0.1, 0.15) is 27.0 Å². The third-order valence-electron chi connectivity index (χ3n) is 3.82. The number of hydrogen-bond acceptors (Lipinski definition) is 4. The van der Waals surface area contributed by atoms with E-state index in [4.69, 9.17) is 4.52 Å². The maximum atomic E-state index is 12.9. The van der Waals surface area contributed by atoms with Gasteiger partial charge in [-0.1, -0.05) is 11.2 Å². The molecule has 0 radical (unpaired) electrons. The summed E-state index contributed by atoms with van der Waals surface area (Å²) in [7, 11) is 0. The second-order valence-corrected chi connectivity index (χ2v) is 5.89. The molecule has 0 aliphatic carbocycles. The molecule has 1 amide bonds. The SMILES string of the molecule is O=C(NCc1cc(C(F)(F)F)cc(C(F)(F)F)c1)c1conc1-c1ccccn1. The Morgan fingerprint density at radius 2 is 1.66 bits per heavy atom. The largest absolute Gasteiger partial charge is 0.416 e. The van der Waals surface area contributed by atoms with E-state index in [0.717, 1.165) is 6.26 Å². The predicted octanol–water partition coefficient (Wildman–Crippen LogP) is 4.70. The number of amides is 1. The van der Waals surface area contributed by atoms with Gasteiger partial charge in [-0.3, -0.25) is 9.78 Å². The summed E-state index contributed by atoms with van der Waals surface area (Å²) in [6.07, 6.45) is -7.49. The second-order valence-electron chi connectivity index (χ2n) is 5.89. The highest BCUT2D eigenvalue weighted by Crippen LogP contribution is 2.36. The van der Waals surface area contributed by atoms with Crippen LogP contribution in [0.25, 0.3) is 11.4 Å². The number of halogens is 6. The Morgan fingerprint density at radius 3 is 2.21 bits per heavy atom. The summed E-state index contributed by atoms with van der Waals surface area (Å²) < 4.78 is 82.3. The van der Waals surface area contributed by atoms with E-state index in [-0.39, 0.29) is 22.9 Å². The second kappa shape index (κ2) is 7.57. The molecule has 2 aromatic heterocycles. The first kappa shape index (κ1) is 20.4. The monoisotopic (exact) mass is 415 g/mol. The molecule has 0 bridgehead atoms. The van der Waals surface area contributed by atoms with E-state index < -0.39 is 35.9 Å². The smallest absolute Gasteiger partial charge is 0.363 e. The molecule has 1 aromatic carbocycles. The summed E-state index contributed by atoms with van der Waals surface area (Å²) in [5, 5.41) is 5.93. The van der Waals surface area contributed by atoms with Crippen LogP contribution in [0.5, 0.6) is 0 Å². The van der Waals surface area contributed by atoms with Crippen molar-refractivity contribution in [1.29, 1.82) is 0 Å². The van der Waals surface area contributed by atoms with Gasteiger partial charge in [0.1, 0.15) is 17.5 Å². The van der Waals surface area contributed by atoms with E-state index >= 15 is 0 Å². The normalized spacial score (nSPS) is 12.1. The molecule has 0 aliphatic rings. The fraction of sp³-hybridized carbons (Fsp3) is 0.167. The fourth-order valence-corrected chi connectivity index (χ4v) is 2.48. The number of carbonyl (C=O) groups is 1. The van der Waals surface area contributed by atoms with E-state index in [9.17, 15) is 31.1 Å². The molecule has 11 heteroatoms. The third kappa shape index (κ3) is 4.73. The highest BCUT2D eigenvalue weighted by molar-refractivity contribution is 5.99. The van der Waals surface area contributed by atoms with Gasteiger partial charge in [0.05, 0.1) is 16.8 Å². The standard InChI is InChI=1S/C18H11F6N3O2/c19-17(20,21)11-5-10(6-12(7-11)18(22,23)24)8-26-16(28)13-9-29-27-15(13)14-3-1-2-4-25-14/h1-7,9H,8H2,(H,26,28). The first-order chi connectivity index (χ1) is 13.6. The van der Waals surface area contributed by atoms with Crippen molar-refractivity contribution < 1.29 is 35.7 Å². The van der Waals surface area contributed by atoms with Gasteiger partial charge in [0.2, 0.25) is 0 Å². The van der Waals surface area contributed by atoms with E-state index in [2.05, 4.69) is 15.5 Å². The van der Waals surface area contributed by atoms with Crippen molar-refractivity contribution in [2.45, 2.75) is 18.9 Å². The minimum atomic E-state index is -4.97. The van der Waals surface area contributed by atoms with Gasteiger partial charge in [-0.2, -0.15) is 26.3 Å². The zero-order valence-electron chi connectivity index (χ0n) is 14.3. The number of alkyl halides is 6. The van der Waals surface area contributed by atoms with E-state index in [1.54, 1.807) is 18.2 Å². The molecular formula is C18H11F6N3O2. The summed E-state index contributed by atoms with van der Waals surface area (Å²) in [5.41, 5.74) is -2.96. The van der Waals surface area contributed by atoms with Gasteiger partial charge >= 0.3 is 12.4 Å². The van der Waals surface area contributed by atoms with Crippen LogP contribution in [0.3, 0.4) is 0 Å². The zero-order valence-corrected chi connectivity index (χ0v) is 14.3. The molecule has 0 spiro atoms. The van der Waals surface area contributed by atoms with Crippen LogP contribution in [0.15, 0.2) is 53.4 Å². The van der Waals surface area contributed by atoms with Crippen LogP contribution in [0, 0.1) is 0 Å². The van der Waals surface area contributed by atoms with Crippen LogP contribution in [0.2, 0.25) is 0 Å². The number of hydrogen-bond donors (Lipinski definition) is 1. The van der Waals surface area contributed by atoms with E-state index in [1.807, 2.05) is 0 Å². The first-order valence-electron chi connectivity index (χ1n) is 7.98. The number of benzene rings is 1. The molecular weight excluding hydrogens is 404 g/mol. The lowest BCUT2D eigenvalue weighted by molar-refractivity contribution is -0.143. The number of carbonyl (C=O) groups excluding carboxylic acids is 1. The predicted molar refractivity (Wildman–Crippen MR) is 87.4 cm³/mol. The first-order valence-corrected chi connectivity index (χ1v) is 7.98. The van der Waals surface area contributed by atoms with Gasteiger partial charge in [0.25, 0.3) is 5.91 Å². The van der Waals surface area contributed by atoms with Crippen LogP contribution in [0.4, 0.5) is 26.3 Å². The molecule has 29 heavy (non-hydrogen) atoms. The Labute approximate surface area is 159 Å². The van der Waals surface area contributed by atoms with Gasteiger partial charge in [0.15, 0.2) is 0 Å².